The highest BCUT2D eigenvalue weighted by atomic mass is 16.5. The van der Waals surface area contributed by atoms with Gasteiger partial charge >= 0.3 is 12.2 Å². The number of hydrogen-bond donors (Lipinski definition) is 5. The number of benzene rings is 1. The number of carboxylic acid groups (broad SMARTS) is 1. The van der Waals surface area contributed by atoms with Crippen molar-refractivity contribution in [2.24, 2.45) is 0 Å². The van der Waals surface area contributed by atoms with Gasteiger partial charge in [0, 0.05) is 19.8 Å². The summed E-state index contributed by atoms with van der Waals surface area (Å²) in [6, 6.07) is 12.0. The number of hydrogen-bond acceptors (Lipinski definition) is 7. The Morgan fingerprint density at radius 3 is 1.06 bits per heavy atom. The summed E-state index contributed by atoms with van der Waals surface area (Å²) in [6.07, 6.45) is -0.297. The Morgan fingerprint density at radius 1 is 0.647 bits per heavy atom. The van der Waals surface area contributed by atoms with Crippen molar-refractivity contribution in [2.75, 3.05) is 27.6 Å². The predicted octanol–water partition coefficient (Wildman–Crippen LogP) is 2.46. The maximum absolute atomic E-state index is 10.6. The van der Waals surface area contributed by atoms with E-state index in [1.165, 1.54) is 14.2 Å². The third-order valence-corrected chi connectivity index (χ3v) is 2.72. The summed E-state index contributed by atoms with van der Waals surface area (Å²) in [7, 11) is 2.52. The van der Waals surface area contributed by atoms with Gasteiger partial charge < -0.3 is 35.8 Å². The Morgan fingerprint density at radius 2 is 0.882 bits per heavy atom. The molecule has 0 atom stereocenters. The summed E-state index contributed by atoms with van der Waals surface area (Å²) in [6.45, 7) is 8.76. The van der Waals surface area contributed by atoms with E-state index < -0.39 is 18.2 Å². The van der Waals surface area contributed by atoms with E-state index in [2.05, 4.69) is 30.7 Å². The number of carbonyl (C=O) groups is 5. The highest BCUT2D eigenvalue weighted by Gasteiger charge is 1.98. The number of aliphatic carboxylic acids is 1. The summed E-state index contributed by atoms with van der Waals surface area (Å²) in [5.41, 5.74) is 0. The van der Waals surface area contributed by atoms with Gasteiger partial charge in [-0.15, -0.1) is 0 Å². The number of methoxy groups -OCH3 is 2. The Labute approximate surface area is 201 Å². The minimum Gasteiger partial charge on any atom is -0.481 e. The maximum Gasteiger partial charge on any atom is 0.408 e. The molecule has 1 aromatic carbocycles. The van der Waals surface area contributed by atoms with Gasteiger partial charge in [-0.05, 0) is 0 Å². The zero-order valence-electron chi connectivity index (χ0n) is 21.1. The van der Waals surface area contributed by atoms with Crippen LogP contribution in [0.25, 0.3) is 0 Å². The lowest BCUT2D eigenvalue weighted by Gasteiger charge is -2.03. The summed E-state index contributed by atoms with van der Waals surface area (Å²) >= 11 is 0. The lowest BCUT2D eigenvalue weighted by Crippen LogP contribution is -2.36. The van der Waals surface area contributed by atoms with E-state index in [-0.39, 0.29) is 25.2 Å². The van der Waals surface area contributed by atoms with Gasteiger partial charge in [0.25, 0.3) is 5.97 Å². The first-order chi connectivity index (χ1) is 16.1. The molecule has 0 radical (unpaired) electrons. The molecule has 0 unspecified atom stereocenters. The van der Waals surface area contributed by atoms with E-state index >= 15 is 0 Å². The lowest BCUT2D eigenvalue weighted by atomic mass is 10.4. The summed E-state index contributed by atoms with van der Waals surface area (Å²) in [5.74, 6) is -1.05. The van der Waals surface area contributed by atoms with Crippen LogP contribution in [0.5, 0.6) is 0 Å². The van der Waals surface area contributed by atoms with Crippen molar-refractivity contribution in [3.63, 3.8) is 0 Å². The van der Waals surface area contributed by atoms with E-state index in [0.29, 0.717) is 12.8 Å². The fourth-order valence-corrected chi connectivity index (χ4v) is 1.21. The van der Waals surface area contributed by atoms with E-state index in [1.54, 1.807) is 13.8 Å². The van der Waals surface area contributed by atoms with E-state index in [0.717, 1.165) is 6.92 Å². The molecule has 12 nitrogen and oxygen atoms in total. The van der Waals surface area contributed by atoms with Gasteiger partial charge in [0.1, 0.15) is 0 Å². The first kappa shape index (κ1) is 37.5. The van der Waals surface area contributed by atoms with Crippen LogP contribution in [0.3, 0.4) is 0 Å². The number of ether oxygens (including phenoxy) is 2. The molecule has 196 valence electrons. The molecule has 0 aliphatic heterocycles. The second-order valence-electron chi connectivity index (χ2n) is 5.27. The Bertz CT molecular complexity index is 546. The molecule has 0 saturated carbocycles. The van der Waals surface area contributed by atoms with E-state index in [1.807, 2.05) is 50.2 Å². The number of amides is 4. The van der Waals surface area contributed by atoms with E-state index in [4.69, 9.17) is 9.90 Å². The largest absolute Gasteiger partial charge is 0.481 e. The molecule has 4 amide bonds. The molecule has 0 bridgehead atoms. The first-order valence-electron chi connectivity index (χ1n) is 10.5. The lowest BCUT2D eigenvalue weighted by molar-refractivity contribution is -0.134. The molecule has 5 N–H and O–H groups in total. The monoisotopic (exact) mass is 488 g/mol. The molecule has 0 saturated heterocycles. The molecule has 34 heavy (non-hydrogen) atoms. The van der Waals surface area contributed by atoms with Crippen molar-refractivity contribution in [3.05, 3.63) is 36.4 Å². The number of rotatable bonds is 6. The van der Waals surface area contributed by atoms with Gasteiger partial charge in [-0.3, -0.25) is 14.4 Å². The maximum atomic E-state index is 10.6. The quantitative estimate of drug-likeness (QED) is 0.380. The third-order valence-electron chi connectivity index (χ3n) is 2.72. The Balaban J connectivity index is -0.000000182. The number of carboxylic acids is 1. The smallest absolute Gasteiger partial charge is 0.408 e. The minimum absolute atomic E-state index is 0.110. The van der Waals surface area contributed by atoms with Crippen LogP contribution in [0, 0.1) is 0 Å². The minimum atomic E-state index is -0.833. The standard InChI is InChI=1S/2C6H12N2O3.C6H6.C2H4O2.C2H6/c2*1-3-5(9)7-4-8-6(10)11-2;1-2-4-6-5-3-1;1-2(3)4;1-2/h2*3-4H2,1-2H3,(H,7,9)(H,8,10);1-6H;1H3,(H,3,4);1-2H3. The van der Waals surface area contributed by atoms with Crippen LogP contribution in [0.15, 0.2) is 36.4 Å². The molecule has 0 aromatic heterocycles. The van der Waals surface area contributed by atoms with Crippen LogP contribution in [0.4, 0.5) is 9.59 Å². The number of nitrogens with one attached hydrogen (secondary N) is 4. The molecule has 0 aliphatic rings. The van der Waals surface area contributed by atoms with Crippen LogP contribution in [0.2, 0.25) is 0 Å². The van der Waals surface area contributed by atoms with Gasteiger partial charge in [0.2, 0.25) is 11.8 Å². The van der Waals surface area contributed by atoms with Crippen molar-refractivity contribution in [1.29, 1.82) is 0 Å². The van der Waals surface area contributed by atoms with Crippen LogP contribution in [-0.2, 0) is 23.9 Å². The normalized spacial score (nSPS) is 7.85. The summed E-state index contributed by atoms with van der Waals surface area (Å²) in [4.78, 5) is 51.0. The van der Waals surface area contributed by atoms with Crippen LogP contribution in [-0.4, -0.2) is 62.6 Å². The second-order valence-corrected chi connectivity index (χ2v) is 5.27. The van der Waals surface area contributed by atoms with Gasteiger partial charge in [-0.2, -0.15) is 0 Å². The fourth-order valence-electron chi connectivity index (χ4n) is 1.21. The second kappa shape index (κ2) is 31.4. The molecular weight excluding hydrogens is 448 g/mol. The highest BCUT2D eigenvalue weighted by molar-refractivity contribution is 5.76. The Kier molecular flexibility index (Phi) is 34.6. The zero-order chi connectivity index (χ0) is 27.2. The van der Waals surface area contributed by atoms with Crippen molar-refractivity contribution in [2.45, 2.75) is 47.5 Å². The highest BCUT2D eigenvalue weighted by Crippen LogP contribution is 1.80. The molecule has 0 heterocycles. The molecule has 0 aliphatic carbocycles. The van der Waals surface area contributed by atoms with Gasteiger partial charge in [0.05, 0.1) is 27.6 Å². The van der Waals surface area contributed by atoms with Crippen LogP contribution >= 0.6 is 0 Å². The van der Waals surface area contributed by atoms with Crippen molar-refractivity contribution in [3.8, 4) is 0 Å². The van der Waals surface area contributed by atoms with Crippen molar-refractivity contribution < 1.29 is 38.6 Å². The van der Waals surface area contributed by atoms with Gasteiger partial charge in [-0.1, -0.05) is 64.1 Å². The fraction of sp³-hybridized carbons (Fsp3) is 0.500. The molecule has 1 rings (SSSR count). The molecule has 1 aromatic rings. The third kappa shape index (κ3) is 42.3. The number of alkyl carbamates (subject to hydrolysis) is 2. The SMILES string of the molecule is CC.CC(=O)O.CCC(=O)NCNC(=O)OC.CCC(=O)NCNC(=O)OC.c1ccccc1. The summed E-state index contributed by atoms with van der Waals surface area (Å²) in [5, 5.41) is 16.9. The first-order valence-corrected chi connectivity index (χ1v) is 10.5. The van der Waals surface area contributed by atoms with Gasteiger partial charge in [0.15, 0.2) is 0 Å². The van der Waals surface area contributed by atoms with Crippen molar-refractivity contribution >= 4 is 30.0 Å². The topological polar surface area (TPSA) is 172 Å². The Hall–Kier alpha value is -3.83. The zero-order valence-corrected chi connectivity index (χ0v) is 21.1. The van der Waals surface area contributed by atoms with E-state index in [9.17, 15) is 19.2 Å². The van der Waals surface area contributed by atoms with Crippen LogP contribution in [0.1, 0.15) is 47.5 Å². The van der Waals surface area contributed by atoms with Crippen molar-refractivity contribution in [1.82, 2.24) is 21.3 Å². The average Bonchev–Trinajstić information content (AvgIpc) is 2.86. The molecule has 0 fully saturated rings. The summed E-state index contributed by atoms with van der Waals surface area (Å²) < 4.78 is 8.53. The average molecular weight is 489 g/mol. The van der Waals surface area contributed by atoms with Crippen LogP contribution < -0.4 is 21.3 Å². The predicted molar refractivity (Wildman–Crippen MR) is 129 cm³/mol. The van der Waals surface area contributed by atoms with Gasteiger partial charge in [-0.25, -0.2) is 9.59 Å². The number of carbonyl (C=O) groups excluding carboxylic acids is 4. The molecule has 0 spiro atoms. The molecule has 12 heteroatoms. The molecular formula is C22H40N4O8.